The Labute approximate surface area is 312 Å². The molecular formula is C41H43FN8O4. The Balaban J connectivity index is 0.925. The predicted molar refractivity (Wildman–Crippen MR) is 201 cm³/mol. The number of likely N-dealkylation sites (N-methyl/N-ethyl adjacent to an activating group) is 1. The Kier molecular flexibility index (Phi) is 9.72. The molecule has 278 valence electrons. The van der Waals surface area contributed by atoms with Gasteiger partial charge in [0.1, 0.15) is 23.9 Å². The third kappa shape index (κ3) is 6.98. The second-order valence-corrected chi connectivity index (χ2v) is 14.5. The van der Waals surface area contributed by atoms with Crippen molar-refractivity contribution in [3.63, 3.8) is 0 Å². The van der Waals surface area contributed by atoms with Crippen molar-refractivity contribution >= 4 is 17.9 Å². The van der Waals surface area contributed by atoms with Crippen molar-refractivity contribution in [1.82, 2.24) is 40.0 Å². The van der Waals surface area contributed by atoms with Gasteiger partial charge in [-0.3, -0.25) is 14.5 Å². The summed E-state index contributed by atoms with van der Waals surface area (Å²) in [6.07, 6.45) is 4.84. The van der Waals surface area contributed by atoms with E-state index >= 15 is 0 Å². The number of nitrogens with zero attached hydrogens (tertiary/aromatic N) is 5. The van der Waals surface area contributed by atoms with Crippen LogP contribution < -0.4 is 5.32 Å². The number of imidazole rings is 2. The first-order valence-corrected chi connectivity index (χ1v) is 18.5. The summed E-state index contributed by atoms with van der Waals surface area (Å²) < 4.78 is 14.0. The van der Waals surface area contributed by atoms with E-state index in [0.29, 0.717) is 31.0 Å². The normalized spacial score (nSPS) is 22.1. The molecule has 0 bridgehead atoms. The summed E-state index contributed by atoms with van der Waals surface area (Å²) in [5.41, 5.74) is 6.33. The smallest absolute Gasteiger partial charge is 0.405 e. The molecule has 0 aliphatic carbocycles. The molecule has 4 N–H and O–H groups in total. The lowest BCUT2D eigenvalue weighted by Crippen LogP contribution is -2.44. The van der Waals surface area contributed by atoms with Gasteiger partial charge >= 0.3 is 6.09 Å². The number of hydrogen-bond acceptors (Lipinski definition) is 6. The van der Waals surface area contributed by atoms with Gasteiger partial charge in [-0.25, -0.2) is 19.2 Å². The number of rotatable bonds is 9. The van der Waals surface area contributed by atoms with E-state index in [1.54, 1.807) is 35.4 Å². The molecule has 2 aromatic heterocycles. The monoisotopic (exact) mass is 730 g/mol. The van der Waals surface area contributed by atoms with E-state index in [9.17, 15) is 23.9 Å². The average molecular weight is 731 g/mol. The third-order valence-electron chi connectivity index (χ3n) is 11.0. The number of likely N-dealkylation sites (tertiary alicyclic amines) is 3. The summed E-state index contributed by atoms with van der Waals surface area (Å²) in [5, 5.41) is 11.9. The Morgan fingerprint density at radius 1 is 0.778 bits per heavy atom. The summed E-state index contributed by atoms with van der Waals surface area (Å²) in [6, 6.07) is 23.5. The minimum atomic E-state index is -1.26. The molecule has 0 radical (unpaired) electrons. The van der Waals surface area contributed by atoms with E-state index in [-0.39, 0.29) is 30.3 Å². The quantitative estimate of drug-likeness (QED) is 0.135. The Morgan fingerprint density at radius 3 is 1.81 bits per heavy atom. The van der Waals surface area contributed by atoms with Gasteiger partial charge in [0, 0.05) is 26.1 Å². The first-order valence-electron chi connectivity index (χ1n) is 18.5. The van der Waals surface area contributed by atoms with Crippen LogP contribution in [0.5, 0.6) is 0 Å². The van der Waals surface area contributed by atoms with Gasteiger partial charge in [0.15, 0.2) is 0 Å². The lowest BCUT2D eigenvalue weighted by Gasteiger charge is -2.28. The van der Waals surface area contributed by atoms with Crippen LogP contribution in [-0.2, 0) is 9.59 Å². The number of benzene rings is 3. The van der Waals surface area contributed by atoms with E-state index in [1.807, 2.05) is 41.2 Å². The maximum absolute atomic E-state index is 14.0. The van der Waals surface area contributed by atoms with Crippen LogP contribution in [-0.4, -0.2) is 96.5 Å². The van der Waals surface area contributed by atoms with Gasteiger partial charge in [0.25, 0.3) is 5.91 Å². The zero-order valence-electron chi connectivity index (χ0n) is 30.0. The molecule has 0 saturated carbocycles. The minimum Gasteiger partial charge on any atom is -0.465 e. The summed E-state index contributed by atoms with van der Waals surface area (Å²) in [6.45, 7) is 1.46. The SMILES string of the molecule is CN1C[C@H](F)C[C@@H]1C(=O)N1CCC[C@H]1c1ncc(-c2ccc(-c3ccc(-c4cnc([C@@H]5CCCN5C(=O)[C@H](NC(=O)O)c5ccccc5)[nH]4)cc3)cc2)[nH]1. The highest BCUT2D eigenvalue weighted by atomic mass is 19.1. The molecule has 12 nitrogen and oxygen atoms in total. The molecule has 8 rings (SSSR count). The number of halogens is 1. The zero-order chi connectivity index (χ0) is 37.3. The van der Waals surface area contributed by atoms with Gasteiger partial charge in [-0.05, 0) is 60.5 Å². The molecule has 5 atom stereocenters. The largest absolute Gasteiger partial charge is 0.465 e. The van der Waals surface area contributed by atoms with Crippen molar-refractivity contribution in [3.8, 4) is 33.6 Å². The highest BCUT2D eigenvalue weighted by Gasteiger charge is 2.41. The first kappa shape index (κ1) is 35.2. The van der Waals surface area contributed by atoms with Crippen LogP contribution in [0.25, 0.3) is 33.6 Å². The lowest BCUT2D eigenvalue weighted by atomic mass is 10.0. The second kappa shape index (κ2) is 14.9. The number of hydrogen-bond donors (Lipinski definition) is 4. The molecule has 0 spiro atoms. The molecular weight excluding hydrogens is 688 g/mol. The van der Waals surface area contributed by atoms with Crippen molar-refractivity contribution in [2.45, 2.75) is 62.4 Å². The van der Waals surface area contributed by atoms with E-state index in [1.165, 1.54) is 0 Å². The molecule has 5 aromatic rings. The van der Waals surface area contributed by atoms with Crippen molar-refractivity contribution in [2.24, 2.45) is 0 Å². The number of carbonyl (C=O) groups excluding carboxylic acids is 2. The summed E-state index contributed by atoms with van der Waals surface area (Å²) >= 11 is 0. The highest BCUT2D eigenvalue weighted by molar-refractivity contribution is 5.87. The van der Waals surface area contributed by atoms with Crippen LogP contribution in [0, 0.1) is 0 Å². The topological polar surface area (TPSA) is 151 Å². The Bertz CT molecular complexity index is 2120. The molecule has 54 heavy (non-hydrogen) atoms. The van der Waals surface area contributed by atoms with Crippen molar-refractivity contribution in [1.29, 1.82) is 0 Å². The van der Waals surface area contributed by atoms with Gasteiger partial charge in [-0.15, -0.1) is 0 Å². The summed E-state index contributed by atoms with van der Waals surface area (Å²) in [4.78, 5) is 60.2. The lowest BCUT2D eigenvalue weighted by molar-refractivity contribution is -0.136. The number of nitrogens with one attached hydrogen (secondary N) is 3. The number of carboxylic acid groups (broad SMARTS) is 1. The molecule has 3 fully saturated rings. The summed E-state index contributed by atoms with van der Waals surface area (Å²) in [5.74, 6) is 1.11. The Morgan fingerprint density at radius 2 is 1.30 bits per heavy atom. The number of H-pyrrole nitrogens is 2. The van der Waals surface area contributed by atoms with Gasteiger partial charge in [0.05, 0.1) is 41.9 Å². The molecule has 3 aromatic carbocycles. The van der Waals surface area contributed by atoms with E-state index in [0.717, 1.165) is 65.1 Å². The van der Waals surface area contributed by atoms with Crippen molar-refractivity contribution in [3.05, 3.63) is 108 Å². The van der Waals surface area contributed by atoms with Gasteiger partial charge in [-0.2, -0.15) is 0 Å². The van der Waals surface area contributed by atoms with E-state index < -0.39 is 24.3 Å². The molecule has 3 aliphatic heterocycles. The maximum atomic E-state index is 14.0. The van der Waals surface area contributed by atoms with E-state index in [4.69, 9.17) is 0 Å². The average Bonchev–Trinajstić information content (AvgIpc) is 4.04. The van der Waals surface area contributed by atoms with Crippen molar-refractivity contribution in [2.75, 3.05) is 26.7 Å². The first-order chi connectivity index (χ1) is 26.2. The van der Waals surface area contributed by atoms with Gasteiger partial charge in [0.2, 0.25) is 5.91 Å². The molecule has 5 heterocycles. The third-order valence-corrected chi connectivity index (χ3v) is 11.0. The van der Waals surface area contributed by atoms with Crippen LogP contribution in [0.4, 0.5) is 9.18 Å². The second-order valence-electron chi connectivity index (χ2n) is 14.5. The molecule has 3 saturated heterocycles. The fourth-order valence-electron chi connectivity index (χ4n) is 8.26. The number of alkyl halides is 1. The van der Waals surface area contributed by atoms with Crippen LogP contribution in [0.2, 0.25) is 0 Å². The number of amides is 3. The molecule has 13 heteroatoms. The summed E-state index contributed by atoms with van der Waals surface area (Å²) in [7, 11) is 1.82. The van der Waals surface area contributed by atoms with Crippen molar-refractivity contribution < 1.29 is 23.9 Å². The number of aromatic nitrogens is 4. The minimum absolute atomic E-state index is 0.0154. The Hall–Kier alpha value is -5.82. The fraction of sp³-hybridized carbons (Fsp3) is 0.341. The molecule has 3 amide bonds. The van der Waals surface area contributed by atoms with Crippen LogP contribution in [0.3, 0.4) is 0 Å². The zero-order valence-corrected chi connectivity index (χ0v) is 30.0. The highest BCUT2D eigenvalue weighted by Crippen LogP contribution is 2.36. The molecule has 3 aliphatic rings. The fourth-order valence-corrected chi connectivity index (χ4v) is 8.26. The van der Waals surface area contributed by atoms with Crippen LogP contribution >= 0.6 is 0 Å². The predicted octanol–water partition coefficient (Wildman–Crippen LogP) is 6.51. The number of aromatic amines is 2. The molecule has 0 unspecified atom stereocenters. The maximum Gasteiger partial charge on any atom is 0.405 e. The van der Waals surface area contributed by atoms with E-state index in [2.05, 4.69) is 61.7 Å². The standard InChI is InChI=1S/C41H43FN8O4/c1-48-24-30(42)21-35(48)39(51)49-19-5-9-33(49)37-43-22-31(45-37)27-15-11-25(12-16-27)26-13-17-28(18-14-26)32-23-44-38(46-32)34-10-6-20-50(34)40(52)36(47-41(53)54)29-7-3-2-4-8-29/h2-4,7-8,11-18,22-23,30,33-36,47H,5-6,9-10,19-21,24H2,1H3,(H,43,45)(H,44,46)(H,53,54)/t30-,33+,34+,35-,36-/m1/s1. The number of carbonyl (C=O) groups is 3. The van der Waals surface area contributed by atoms with Gasteiger partial charge < -0.3 is 30.2 Å². The van der Waals surface area contributed by atoms with Crippen LogP contribution in [0.15, 0.2) is 91.3 Å². The van der Waals surface area contributed by atoms with Crippen LogP contribution in [0.1, 0.15) is 67.4 Å². The van der Waals surface area contributed by atoms with Gasteiger partial charge in [-0.1, -0.05) is 78.9 Å².